The molecule has 0 bridgehead atoms. The SMILES string of the molecule is Cc1ccc2cc(CN(C(=O)OC(C)(C)C)C3C[C@H](C)O[C@@H](C)C3)ccc2n1. The Balaban J connectivity index is 1.87. The van der Waals surface area contributed by atoms with Crippen LogP contribution in [0.1, 0.15) is 58.7 Å². The average molecular weight is 385 g/mol. The number of fused-ring (bicyclic) bond motifs is 1. The molecule has 1 aromatic heterocycles. The summed E-state index contributed by atoms with van der Waals surface area (Å²) < 4.78 is 11.6. The number of nitrogens with zero attached hydrogens (tertiary/aromatic N) is 2. The number of hydrogen-bond donors (Lipinski definition) is 0. The van der Waals surface area contributed by atoms with Gasteiger partial charge in [-0.25, -0.2) is 4.79 Å². The Labute approximate surface area is 168 Å². The fraction of sp³-hybridized carbons (Fsp3) is 0.565. The first kappa shape index (κ1) is 20.6. The Morgan fingerprint density at radius 2 is 1.86 bits per heavy atom. The van der Waals surface area contributed by atoms with Gasteiger partial charge in [0.2, 0.25) is 0 Å². The minimum Gasteiger partial charge on any atom is -0.444 e. The van der Waals surface area contributed by atoms with Crippen LogP contribution in [0.3, 0.4) is 0 Å². The number of benzene rings is 1. The molecule has 1 amide bonds. The molecule has 2 heterocycles. The van der Waals surface area contributed by atoms with E-state index in [1.54, 1.807) is 0 Å². The van der Waals surface area contributed by atoms with Crippen LogP contribution in [-0.4, -0.2) is 39.8 Å². The zero-order valence-corrected chi connectivity index (χ0v) is 17.9. The fourth-order valence-corrected chi connectivity index (χ4v) is 3.86. The highest BCUT2D eigenvalue weighted by atomic mass is 16.6. The van der Waals surface area contributed by atoms with Gasteiger partial charge in [0.25, 0.3) is 0 Å². The molecule has 1 saturated heterocycles. The van der Waals surface area contributed by atoms with Crippen molar-refractivity contribution in [2.75, 3.05) is 0 Å². The number of ether oxygens (including phenoxy) is 2. The molecule has 0 spiro atoms. The van der Waals surface area contributed by atoms with Gasteiger partial charge in [-0.3, -0.25) is 4.98 Å². The second kappa shape index (κ2) is 8.08. The van der Waals surface area contributed by atoms with Crippen molar-refractivity contribution >= 4 is 17.0 Å². The molecule has 0 N–H and O–H groups in total. The number of aromatic nitrogens is 1. The molecule has 5 nitrogen and oxygen atoms in total. The molecule has 2 aromatic rings. The minimum absolute atomic E-state index is 0.0976. The largest absolute Gasteiger partial charge is 0.444 e. The quantitative estimate of drug-likeness (QED) is 0.726. The molecule has 1 aliphatic rings. The van der Waals surface area contributed by atoms with Crippen LogP contribution in [0.25, 0.3) is 10.9 Å². The Bertz CT molecular complexity index is 833. The lowest BCUT2D eigenvalue weighted by molar-refractivity contribution is -0.0691. The number of carbonyl (C=O) groups excluding carboxylic acids is 1. The minimum atomic E-state index is -0.525. The van der Waals surface area contributed by atoms with Crippen LogP contribution in [0.15, 0.2) is 30.3 Å². The normalized spacial score (nSPS) is 22.9. The molecular weight excluding hydrogens is 352 g/mol. The first-order valence-corrected chi connectivity index (χ1v) is 10.1. The van der Waals surface area contributed by atoms with Gasteiger partial charge in [-0.2, -0.15) is 0 Å². The van der Waals surface area contributed by atoms with Crippen molar-refractivity contribution in [2.24, 2.45) is 0 Å². The zero-order valence-electron chi connectivity index (χ0n) is 17.9. The summed E-state index contributed by atoms with van der Waals surface area (Å²) in [5.41, 5.74) is 2.53. The van der Waals surface area contributed by atoms with E-state index in [0.29, 0.717) is 6.54 Å². The van der Waals surface area contributed by atoms with Gasteiger partial charge in [0.15, 0.2) is 0 Å². The maximum atomic E-state index is 13.0. The van der Waals surface area contributed by atoms with Gasteiger partial charge in [-0.05, 0) is 78.1 Å². The standard InChI is InChI=1S/C23H32N2O3/c1-15-7-9-19-13-18(8-10-21(19)24-15)14-25(22(26)28-23(4,5)6)20-11-16(2)27-17(3)12-20/h7-10,13,16-17,20H,11-12,14H2,1-6H3/t16-,17-/m0/s1. The Hall–Kier alpha value is -2.14. The molecule has 2 atom stereocenters. The van der Waals surface area contributed by atoms with Crippen LogP contribution in [0.4, 0.5) is 4.79 Å². The van der Waals surface area contributed by atoms with E-state index in [4.69, 9.17) is 9.47 Å². The van der Waals surface area contributed by atoms with Crippen LogP contribution < -0.4 is 0 Å². The van der Waals surface area contributed by atoms with Gasteiger partial charge in [0, 0.05) is 23.7 Å². The smallest absolute Gasteiger partial charge is 0.410 e. The number of amides is 1. The van der Waals surface area contributed by atoms with Gasteiger partial charge >= 0.3 is 6.09 Å². The third-order valence-electron chi connectivity index (χ3n) is 4.99. The lowest BCUT2D eigenvalue weighted by Gasteiger charge is -2.39. The first-order valence-electron chi connectivity index (χ1n) is 10.1. The van der Waals surface area contributed by atoms with Gasteiger partial charge in [-0.1, -0.05) is 12.1 Å². The van der Waals surface area contributed by atoms with E-state index in [0.717, 1.165) is 35.0 Å². The van der Waals surface area contributed by atoms with Crippen LogP contribution in [0, 0.1) is 6.92 Å². The van der Waals surface area contributed by atoms with Gasteiger partial charge in [0.05, 0.1) is 17.7 Å². The molecule has 1 aromatic carbocycles. The molecule has 1 aliphatic heterocycles. The molecule has 3 rings (SSSR count). The molecule has 0 aliphatic carbocycles. The summed E-state index contributed by atoms with van der Waals surface area (Å²) in [6.45, 7) is 12.4. The highest BCUT2D eigenvalue weighted by Crippen LogP contribution is 2.27. The van der Waals surface area contributed by atoms with Crippen molar-refractivity contribution < 1.29 is 14.3 Å². The molecule has 1 fully saturated rings. The van der Waals surface area contributed by atoms with Crippen molar-refractivity contribution in [3.63, 3.8) is 0 Å². The fourth-order valence-electron chi connectivity index (χ4n) is 3.86. The highest BCUT2D eigenvalue weighted by Gasteiger charge is 2.34. The van der Waals surface area contributed by atoms with Crippen molar-refractivity contribution in [1.29, 1.82) is 0 Å². The first-order chi connectivity index (χ1) is 13.1. The Morgan fingerprint density at radius 3 is 2.50 bits per heavy atom. The summed E-state index contributed by atoms with van der Waals surface area (Å²) in [4.78, 5) is 19.5. The average Bonchev–Trinajstić information content (AvgIpc) is 2.57. The van der Waals surface area contributed by atoms with E-state index in [1.807, 2.05) is 44.7 Å². The summed E-state index contributed by atoms with van der Waals surface area (Å²) >= 11 is 0. The number of hydrogen-bond acceptors (Lipinski definition) is 4. The third-order valence-corrected chi connectivity index (χ3v) is 4.99. The van der Waals surface area contributed by atoms with Crippen LogP contribution in [0.5, 0.6) is 0 Å². The van der Waals surface area contributed by atoms with E-state index in [9.17, 15) is 4.79 Å². The second-order valence-electron chi connectivity index (χ2n) is 8.97. The Kier molecular flexibility index (Phi) is 5.94. The summed E-state index contributed by atoms with van der Waals surface area (Å²) in [5, 5.41) is 1.08. The maximum Gasteiger partial charge on any atom is 0.410 e. The predicted molar refractivity (Wildman–Crippen MR) is 111 cm³/mol. The monoisotopic (exact) mass is 384 g/mol. The van der Waals surface area contributed by atoms with Crippen LogP contribution in [0.2, 0.25) is 0 Å². The molecule has 28 heavy (non-hydrogen) atoms. The van der Waals surface area contributed by atoms with E-state index in [2.05, 4.69) is 37.0 Å². The van der Waals surface area contributed by atoms with Crippen molar-refractivity contribution in [1.82, 2.24) is 9.88 Å². The topological polar surface area (TPSA) is 51.7 Å². The molecule has 5 heteroatoms. The maximum absolute atomic E-state index is 13.0. The van der Waals surface area contributed by atoms with Gasteiger partial charge in [-0.15, -0.1) is 0 Å². The second-order valence-corrected chi connectivity index (χ2v) is 8.97. The number of aryl methyl sites for hydroxylation is 1. The van der Waals surface area contributed by atoms with E-state index < -0.39 is 5.60 Å². The number of pyridine rings is 1. The summed E-state index contributed by atoms with van der Waals surface area (Å²) in [6, 6.07) is 10.4. The van der Waals surface area contributed by atoms with Gasteiger partial charge in [0.1, 0.15) is 5.60 Å². The summed E-state index contributed by atoms with van der Waals surface area (Å²) in [5.74, 6) is 0. The molecule has 0 radical (unpaired) electrons. The van der Waals surface area contributed by atoms with E-state index in [1.165, 1.54) is 0 Å². The molecule has 0 unspecified atom stereocenters. The van der Waals surface area contributed by atoms with E-state index >= 15 is 0 Å². The number of carbonyl (C=O) groups is 1. The zero-order chi connectivity index (χ0) is 20.5. The summed E-state index contributed by atoms with van der Waals surface area (Å²) in [7, 11) is 0. The van der Waals surface area contributed by atoms with Crippen LogP contribution >= 0.6 is 0 Å². The predicted octanol–water partition coefficient (Wildman–Crippen LogP) is 5.24. The van der Waals surface area contributed by atoms with Crippen molar-refractivity contribution in [3.8, 4) is 0 Å². The lowest BCUT2D eigenvalue weighted by Crippen LogP contribution is -2.48. The van der Waals surface area contributed by atoms with E-state index in [-0.39, 0.29) is 24.3 Å². The Morgan fingerprint density at radius 1 is 1.18 bits per heavy atom. The highest BCUT2D eigenvalue weighted by molar-refractivity contribution is 5.79. The molecular formula is C23H32N2O3. The lowest BCUT2D eigenvalue weighted by atomic mass is 9.97. The molecule has 0 saturated carbocycles. The number of rotatable bonds is 3. The van der Waals surface area contributed by atoms with Crippen molar-refractivity contribution in [3.05, 3.63) is 41.6 Å². The van der Waals surface area contributed by atoms with Crippen molar-refractivity contribution in [2.45, 2.75) is 84.8 Å². The molecule has 152 valence electrons. The van der Waals surface area contributed by atoms with Gasteiger partial charge < -0.3 is 14.4 Å². The third kappa shape index (κ3) is 5.22. The van der Waals surface area contributed by atoms with Crippen LogP contribution in [-0.2, 0) is 16.0 Å². The summed E-state index contributed by atoms with van der Waals surface area (Å²) in [6.07, 6.45) is 1.63.